The van der Waals surface area contributed by atoms with E-state index in [1.165, 1.54) is 12.1 Å². The van der Waals surface area contributed by atoms with Crippen LogP contribution in [0.2, 0.25) is 0 Å². The van der Waals surface area contributed by atoms with Crippen molar-refractivity contribution in [3.05, 3.63) is 65.9 Å². The second-order valence-corrected chi connectivity index (χ2v) is 4.81. The van der Waals surface area contributed by atoms with E-state index in [0.717, 1.165) is 23.0 Å². The summed E-state index contributed by atoms with van der Waals surface area (Å²) in [6, 6.07) is 11.4. The summed E-state index contributed by atoms with van der Waals surface area (Å²) >= 11 is 0. The van der Waals surface area contributed by atoms with Crippen LogP contribution in [0.1, 0.15) is 15.9 Å². The fraction of sp³-hybridized carbons (Fsp3) is 0.0625. The molecule has 0 saturated carbocycles. The SMILES string of the molecule is O=C(Nc1cccc(C(F)(F)F)c1)c1ccc2[nH]ccc2c1. The van der Waals surface area contributed by atoms with Gasteiger partial charge in [0.25, 0.3) is 5.91 Å². The maximum absolute atomic E-state index is 12.7. The lowest BCUT2D eigenvalue weighted by molar-refractivity contribution is -0.137. The van der Waals surface area contributed by atoms with Crippen molar-refractivity contribution in [2.75, 3.05) is 5.32 Å². The number of carbonyl (C=O) groups is 1. The fourth-order valence-electron chi connectivity index (χ4n) is 2.17. The lowest BCUT2D eigenvalue weighted by Crippen LogP contribution is -2.13. The van der Waals surface area contributed by atoms with E-state index in [1.54, 1.807) is 24.4 Å². The van der Waals surface area contributed by atoms with Crippen molar-refractivity contribution in [2.45, 2.75) is 6.18 Å². The molecule has 0 unspecified atom stereocenters. The van der Waals surface area contributed by atoms with E-state index in [1.807, 2.05) is 6.07 Å². The van der Waals surface area contributed by atoms with Gasteiger partial charge in [-0.1, -0.05) is 6.07 Å². The molecular formula is C16H11F3N2O. The zero-order chi connectivity index (χ0) is 15.7. The van der Waals surface area contributed by atoms with Gasteiger partial charge in [-0.15, -0.1) is 0 Å². The van der Waals surface area contributed by atoms with E-state index in [2.05, 4.69) is 10.3 Å². The summed E-state index contributed by atoms with van der Waals surface area (Å²) in [5.41, 5.74) is 0.570. The van der Waals surface area contributed by atoms with Crippen LogP contribution < -0.4 is 5.32 Å². The van der Waals surface area contributed by atoms with Gasteiger partial charge in [0.15, 0.2) is 0 Å². The van der Waals surface area contributed by atoms with E-state index in [0.29, 0.717) is 5.56 Å². The predicted molar refractivity (Wildman–Crippen MR) is 77.7 cm³/mol. The summed E-state index contributed by atoms with van der Waals surface area (Å²) in [6.45, 7) is 0. The molecule has 0 aliphatic carbocycles. The fourth-order valence-corrected chi connectivity index (χ4v) is 2.17. The monoisotopic (exact) mass is 304 g/mol. The Bertz CT molecular complexity index is 837. The summed E-state index contributed by atoms with van der Waals surface area (Å²) in [4.78, 5) is 15.1. The highest BCUT2D eigenvalue weighted by Gasteiger charge is 2.30. The van der Waals surface area contributed by atoms with Crippen LogP contribution >= 0.6 is 0 Å². The molecule has 1 heterocycles. The van der Waals surface area contributed by atoms with Gasteiger partial charge in [-0.25, -0.2) is 0 Å². The van der Waals surface area contributed by atoms with Crippen molar-refractivity contribution >= 4 is 22.5 Å². The molecule has 0 fully saturated rings. The number of anilines is 1. The van der Waals surface area contributed by atoms with Crippen molar-refractivity contribution in [2.24, 2.45) is 0 Å². The van der Waals surface area contributed by atoms with Gasteiger partial charge in [0.2, 0.25) is 0 Å². The maximum Gasteiger partial charge on any atom is 0.416 e. The molecule has 2 aromatic carbocycles. The molecule has 0 aliphatic rings. The average Bonchev–Trinajstić information content (AvgIpc) is 2.94. The topological polar surface area (TPSA) is 44.9 Å². The molecule has 0 radical (unpaired) electrons. The molecule has 6 heteroatoms. The Morgan fingerprint density at radius 3 is 2.64 bits per heavy atom. The van der Waals surface area contributed by atoms with Gasteiger partial charge in [-0.2, -0.15) is 13.2 Å². The second kappa shape index (κ2) is 5.22. The minimum atomic E-state index is -4.44. The third kappa shape index (κ3) is 2.81. The summed E-state index contributed by atoms with van der Waals surface area (Å²) in [5, 5.41) is 3.34. The van der Waals surface area contributed by atoms with E-state index < -0.39 is 17.6 Å². The number of hydrogen-bond acceptors (Lipinski definition) is 1. The third-order valence-corrected chi connectivity index (χ3v) is 3.26. The van der Waals surface area contributed by atoms with Gasteiger partial charge < -0.3 is 10.3 Å². The number of aromatic nitrogens is 1. The molecule has 0 bridgehead atoms. The van der Waals surface area contributed by atoms with E-state index in [-0.39, 0.29) is 5.69 Å². The van der Waals surface area contributed by atoms with Gasteiger partial charge in [0, 0.05) is 28.4 Å². The van der Waals surface area contributed by atoms with Crippen LogP contribution in [-0.2, 0) is 6.18 Å². The molecule has 112 valence electrons. The highest BCUT2D eigenvalue weighted by atomic mass is 19.4. The number of benzene rings is 2. The third-order valence-electron chi connectivity index (χ3n) is 3.26. The molecule has 3 rings (SSSR count). The normalized spacial score (nSPS) is 11.6. The predicted octanol–water partition coefficient (Wildman–Crippen LogP) is 4.44. The Morgan fingerprint density at radius 2 is 1.86 bits per heavy atom. The van der Waals surface area contributed by atoms with Crippen LogP contribution in [-0.4, -0.2) is 10.9 Å². The molecular weight excluding hydrogens is 293 g/mol. The number of alkyl halides is 3. The van der Waals surface area contributed by atoms with E-state index in [9.17, 15) is 18.0 Å². The first kappa shape index (κ1) is 14.2. The Labute approximate surface area is 123 Å². The number of fused-ring (bicyclic) bond motifs is 1. The van der Waals surface area contributed by atoms with Gasteiger partial charge >= 0.3 is 6.18 Å². The Kier molecular flexibility index (Phi) is 3.36. The maximum atomic E-state index is 12.7. The quantitative estimate of drug-likeness (QED) is 0.722. The standard InChI is InChI=1S/C16H11F3N2O/c17-16(18,19)12-2-1-3-13(9-12)21-15(22)11-4-5-14-10(8-11)6-7-20-14/h1-9,20H,(H,21,22). The number of halogens is 3. The molecule has 1 aromatic heterocycles. The molecule has 0 atom stereocenters. The van der Waals surface area contributed by atoms with Crippen molar-refractivity contribution in [3.63, 3.8) is 0 Å². The molecule has 0 spiro atoms. The molecule has 22 heavy (non-hydrogen) atoms. The van der Waals surface area contributed by atoms with Crippen LogP contribution in [0.15, 0.2) is 54.7 Å². The Hall–Kier alpha value is -2.76. The van der Waals surface area contributed by atoms with E-state index >= 15 is 0 Å². The number of H-pyrrole nitrogens is 1. The molecule has 3 aromatic rings. The first-order chi connectivity index (χ1) is 10.4. The van der Waals surface area contributed by atoms with Crippen molar-refractivity contribution < 1.29 is 18.0 Å². The Balaban J connectivity index is 1.84. The highest BCUT2D eigenvalue weighted by molar-refractivity contribution is 6.06. The molecule has 0 saturated heterocycles. The van der Waals surface area contributed by atoms with Gasteiger partial charge in [0.1, 0.15) is 0 Å². The van der Waals surface area contributed by atoms with Crippen LogP contribution in [0.25, 0.3) is 10.9 Å². The van der Waals surface area contributed by atoms with Crippen molar-refractivity contribution in [3.8, 4) is 0 Å². The largest absolute Gasteiger partial charge is 0.416 e. The van der Waals surface area contributed by atoms with Crippen LogP contribution in [0, 0.1) is 0 Å². The van der Waals surface area contributed by atoms with Crippen LogP contribution in [0.4, 0.5) is 18.9 Å². The summed E-state index contributed by atoms with van der Waals surface area (Å²) in [5.74, 6) is -0.456. The Morgan fingerprint density at radius 1 is 1.05 bits per heavy atom. The molecule has 1 amide bonds. The first-order valence-corrected chi connectivity index (χ1v) is 6.49. The number of rotatable bonds is 2. The smallest absolute Gasteiger partial charge is 0.361 e. The van der Waals surface area contributed by atoms with Crippen LogP contribution in [0.3, 0.4) is 0 Å². The number of aromatic amines is 1. The zero-order valence-corrected chi connectivity index (χ0v) is 11.2. The lowest BCUT2D eigenvalue weighted by atomic mass is 10.1. The minimum absolute atomic E-state index is 0.106. The summed E-state index contributed by atoms with van der Waals surface area (Å²) in [6.07, 6.45) is -2.69. The minimum Gasteiger partial charge on any atom is -0.361 e. The molecule has 3 nitrogen and oxygen atoms in total. The van der Waals surface area contributed by atoms with Gasteiger partial charge in [-0.3, -0.25) is 4.79 Å². The number of amides is 1. The molecule has 0 aliphatic heterocycles. The zero-order valence-electron chi connectivity index (χ0n) is 11.2. The first-order valence-electron chi connectivity index (χ1n) is 6.49. The average molecular weight is 304 g/mol. The number of carbonyl (C=O) groups excluding carboxylic acids is 1. The van der Waals surface area contributed by atoms with Crippen LogP contribution in [0.5, 0.6) is 0 Å². The number of nitrogens with one attached hydrogen (secondary N) is 2. The van der Waals surface area contributed by atoms with Gasteiger partial charge in [0.05, 0.1) is 5.56 Å². The molecule has 2 N–H and O–H groups in total. The summed E-state index contributed by atoms with van der Waals surface area (Å²) in [7, 11) is 0. The van der Waals surface area contributed by atoms with Crippen molar-refractivity contribution in [1.82, 2.24) is 4.98 Å². The second-order valence-electron chi connectivity index (χ2n) is 4.81. The van der Waals surface area contributed by atoms with E-state index in [4.69, 9.17) is 0 Å². The van der Waals surface area contributed by atoms with Crippen molar-refractivity contribution in [1.29, 1.82) is 0 Å². The number of hydrogen-bond donors (Lipinski definition) is 2. The van der Waals surface area contributed by atoms with Gasteiger partial charge in [-0.05, 0) is 42.5 Å². The lowest BCUT2D eigenvalue weighted by Gasteiger charge is -2.10. The summed E-state index contributed by atoms with van der Waals surface area (Å²) < 4.78 is 38.0. The highest BCUT2D eigenvalue weighted by Crippen LogP contribution is 2.30.